The van der Waals surface area contributed by atoms with Gasteiger partial charge in [0.1, 0.15) is 11.0 Å². The molecule has 0 radical (unpaired) electrons. The lowest BCUT2D eigenvalue weighted by Crippen LogP contribution is -2.53. The maximum Gasteiger partial charge on any atom is 0.471 e. The molecule has 3 heterocycles. The largest absolute Gasteiger partial charge is 0.471 e. The number of nitrogens with one attached hydrogen (secondary N) is 2. The Morgan fingerprint density at radius 1 is 1.02 bits per heavy atom. The molecule has 4 rings (SSSR count). The van der Waals surface area contributed by atoms with Crippen LogP contribution in [0.25, 0.3) is 10.4 Å². The molecule has 2 saturated heterocycles. The minimum Gasteiger partial charge on any atom is -0.456 e. The lowest BCUT2D eigenvalue weighted by molar-refractivity contribution is -0.186. The molecule has 40 heavy (non-hydrogen) atoms. The SMILES string of the molecule is NC(=O)N1CCCC(OC(=O)c2sc(-c3ccc(Cl)cc3)cc2NC(=O)NC2CCCN(C(=O)C(F)(F)F)C2)C1. The van der Waals surface area contributed by atoms with Crippen molar-refractivity contribution in [1.29, 1.82) is 0 Å². The van der Waals surface area contributed by atoms with Gasteiger partial charge in [-0.3, -0.25) is 4.79 Å². The highest BCUT2D eigenvalue weighted by molar-refractivity contribution is 7.18. The first-order valence-electron chi connectivity index (χ1n) is 12.5. The number of anilines is 1. The molecule has 2 unspecified atom stereocenters. The third kappa shape index (κ3) is 7.36. The van der Waals surface area contributed by atoms with Crippen molar-refractivity contribution < 1.29 is 37.1 Å². The van der Waals surface area contributed by atoms with Crippen LogP contribution in [0, 0.1) is 0 Å². The summed E-state index contributed by atoms with van der Waals surface area (Å²) in [5, 5.41) is 5.71. The van der Waals surface area contributed by atoms with Crippen LogP contribution >= 0.6 is 22.9 Å². The average Bonchev–Trinajstić information content (AvgIpc) is 3.32. The number of carbonyl (C=O) groups excluding carboxylic acids is 4. The number of hydrogen-bond donors (Lipinski definition) is 3. The van der Waals surface area contributed by atoms with Gasteiger partial charge in [0.25, 0.3) is 0 Å². The third-order valence-corrected chi connectivity index (χ3v) is 7.96. The number of piperidine rings is 2. The normalized spacial score (nSPS) is 19.6. The summed E-state index contributed by atoms with van der Waals surface area (Å²) in [4.78, 5) is 52.0. The number of carbonyl (C=O) groups is 4. The molecule has 0 aliphatic carbocycles. The highest BCUT2D eigenvalue weighted by Crippen LogP contribution is 2.36. The molecular weight excluding hydrogens is 575 g/mol. The van der Waals surface area contributed by atoms with Crippen LogP contribution in [-0.2, 0) is 9.53 Å². The molecule has 2 aliphatic rings. The molecule has 0 saturated carbocycles. The zero-order valence-electron chi connectivity index (χ0n) is 21.1. The highest BCUT2D eigenvalue weighted by atomic mass is 35.5. The van der Waals surface area contributed by atoms with Gasteiger partial charge in [0.15, 0.2) is 0 Å². The number of amides is 5. The second kappa shape index (κ2) is 12.3. The van der Waals surface area contributed by atoms with Crippen molar-refractivity contribution >= 4 is 52.6 Å². The van der Waals surface area contributed by atoms with Crippen molar-refractivity contribution in [2.45, 2.75) is 44.0 Å². The van der Waals surface area contributed by atoms with Gasteiger partial charge in [0.2, 0.25) is 0 Å². The first kappa shape index (κ1) is 29.5. The standard InChI is InChI=1S/C25H27ClF3N5O5S/c26-15-7-5-14(6-8-15)19-11-18(20(40-19)21(35)39-17-4-2-10-34(13-17)23(30)37)32-24(38)31-16-3-1-9-33(12-16)22(36)25(27,28)29/h5-8,11,16-17H,1-4,9-10,12-13H2,(H2,30,37)(H2,31,32,38). The molecule has 2 aliphatic heterocycles. The van der Waals surface area contributed by atoms with Crippen LogP contribution in [0.4, 0.5) is 28.4 Å². The van der Waals surface area contributed by atoms with Crippen LogP contribution in [0.5, 0.6) is 0 Å². The van der Waals surface area contributed by atoms with Crippen LogP contribution in [-0.4, -0.2) is 78.2 Å². The van der Waals surface area contributed by atoms with Crippen LogP contribution in [0.1, 0.15) is 35.4 Å². The number of nitrogens with zero attached hydrogens (tertiary/aromatic N) is 2. The Balaban J connectivity index is 1.49. The van der Waals surface area contributed by atoms with Gasteiger partial charge in [0.05, 0.1) is 12.2 Å². The topological polar surface area (TPSA) is 134 Å². The van der Waals surface area contributed by atoms with Crippen molar-refractivity contribution in [3.05, 3.63) is 40.2 Å². The van der Waals surface area contributed by atoms with E-state index in [0.717, 1.165) is 16.9 Å². The van der Waals surface area contributed by atoms with E-state index in [1.807, 2.05) is 0 Å². The Bertz CT molecular complexity index is 1270. The van der Waals surface area contributed by atoms with E-state index in [0.29, 0.717) is 40.6 Å². The molecule has 10 nitrogen and oxygen atoms in total. The molecular formula is C25H27ClF3N5O5S. The number of urea groups is 2. The Morgan fingerprint density at radius 2 is 1.70 bits per heavy atom. The van der Waals surface area contributed by atoms with E-state index in [-0.39, 0.29) is 36.6 Å². The predicted molar refractivity (Wildman–Crippen MR) is 142 cm³/mol. The quantitative estimate of drug-likeness (QED) is 0.436. The lowest BCUT2D eigenvalue weighted by atomic mass is 10.1. The Kier molecular flexibility index (Phi) is 9.08. The number of nitrogens with two attached hydrogens (primary N) is 1. The molecule has 1 aromatic carbocycles. The number of ether oxygens (including phenoxy) is 1. The molecule has 2 fully saturated rings. The summed E-state index contributed by atoms with van der Waals surface area (Å²) in [6.45, 7) is 0.258. The van der Waals surface area contributed by atoms with E-state index < -0.39 is 42.3 Å². The van der Waals surface area contributed by atoms with Gasteiger partial charge in [-0.05, 0) is 49.4 Å². The number of primary amides is 1. The van der Waals surface area contributed by atoms with Crippen molar-refractivity contribution in [3.8, 4) is 10.4 Å². The molecule has 1 aromatic heterocycles. The fraction of sp³-hybridized carbons (Fsp3) is 0.440. The maximum absolute atomic E-state index is 13.2. The molecule has 0 spiro atoms. The van der Waals surface area contributed by atoms with Crippen LogP contribution in [0.2, 0.25) is 5.02 Å². The summed E-state index contributed by atoms with van der Waals surface area (Å²) in [7, 11) is 0. The molecule has 2 aromatic rings. The van der Waals surface area contributed by atoms with Crippen molar-refractivity contribution in [2.75, 3.05) is 31.5 Å². The summed E-state index contributed by atoms with van der Waals surface area (Å²) in [5.74, 6) is -2.66. The van der Waals surface area contributed by atoms with Crippen LogP contribution in [0.3, 0.4) is 0 Å². The minimum absolute atomic E-state index is 0.0581. The first-order valence-corrected chi connectivity index (χ1v) is 13.7. The van der Waals surface area contributed by atoms with Crippen LogP contribution in [0.15, 0.2) is 30.3 Å². The Labute approximate surface area is 236 Å². The van der Waals surface area contributed by atoms with Crippen molar-refractivity contribution in [3.63, 3.8) is 0 Å². The third-order valence-electron chi connectivity index (χ3n) is 6.54. The molecule has 15 heteroatoms. The van der Waals surface area contributed by atoms with Gasteiger partial charge in [-0.15, -0.1) is 11.3 Å². The summed E-state index contributed by atoms with van der Waals surface area (Å²) < 4.78 is 44.2. The van der Waals surface area contributed by atoms with E-state index in [9.17, 15) is 32.3 Å². The van der Waals surface area contributed by atoms with E-state index in [1.54, 1.807) is 30.3 Å². The zero-order chi connectivity index (χ0) is 29.0. The van der Waals surface area contributed by atoms with Gasteiger partial charge >= 0.3 is 30.1 Å². The predicted octanol–water partition coefficient (Wildman–Crippen LogP) is 4.44. The molecule has 2 atom stereocenters. The number of hydrogen-bond acceptors (Lipinski definition) is 6. The fourth-order valence-corrected chi connectivity index (χ4v) is 5.76. The van der Waals surface area contributed by atoms with E-state index in [1.165, 1.54) is 4.90 Å². The number of rotatable bonds is 5. The maximum atomic E-state index is 13.2. The van der Waals surface area contributed by atoms with Crippen molar-refractivity contribution in [1.82, 2.24) is 15.1 Å². The summed E-state index contributed by atoms with van der Waals surface area (Å²) in [6.07, 6.45) is -3.79. The smallest absolute Gasteiger partial charge is 0.456 e. The van der Waals surface area contributed by atoms with Crippen molar-refractivity contribution in [2.24, 2.45) is 5.73 Å². The summed E-state index contributed by atoms with van der Waals surface area (Å²) >= 11 is 7.06. The molecule has 5 amide bonds. The minimum atomic E-state index is -5.00. The monoisotopic (exact) mass is 601 g/mol. The molecule has 4 N–H and O–H groups in total. The van der Waals surface area contributed by atoms with Gasteiger partial charge < -0.3 is 30.9 Å². The fourth-order valence-electron chi connectivity index (χ4n) is 4.63. The van der Waals surface area contributed by atoms with Gasteiger partial charge in [0, 0.05) is 35.6 Å². The second-order valence-electron chi connectivity index (χ2n) is 9.50. The zero-order valence-corrected chi connectivity index (χ0v) is 22.7. The number of halogens is 4. The van der Waals surface area contributed by atoms with E-state index in [2.05, 4.69) is 10.6 Å². The number of likely N-dealkylation sites (tertiary alicyclic amines) is 2. The number of thiophene rings is 1. The lowest BCUT2D eigenvalue weighted by Gasteiger charge is -2.33. The number of alkyl halides is 3. The van der Waals surface area contributed by atoms with Gasteiger partial charge in [-0.2, -0.15) is 13.2 Å². The van der Waals surface area contributed by atoms with Crippen LogP contribution < -0.4 is 16.4 Å². The first-order chi connectivity index (χ1) is 18.9. The molecule has 0 bridgehead atoms. The Morgan fingerprint density at radius 3 is 2.38 bits per heavy atom. The van der Waals surface area contributed by atoms with Gasteiger partial charge in [-0.1, -0.05) is 23.7 Å². The van der Waals surface area contributed by atoms with E-state index in [4.69, 9.17) is 22.1 Å². The highest BCUT2D eigenvalue weighted by Gasteiger charge is 2.43. The number of benzene rings is 1. The molecule has 216 valence electrons. The average molecular weight is 602 g/mol. The summed E-state index contributed by atoms with van der Waals surface area (Å²) in [6, 6.07) is 6.34. The van der Waals surface area contributed by atoms with E-state index >= 15 is 0 Å². The summed E-state index contributed by atoms with van der Waals surface area (Å²) in [5.41, 5.74) is 6.22. The second-order valence-corrected chi connectivity index (χ2v) is 11.0. The number of esters is 1. The van der Waals surface area contributed by atoms with Gasteiger partial charge in [-0.25, -0.2) is 14.4 Å². The Hall–Kier alpha value is -3.52.